The van der Waals surface area contributed by atoms with Gasteiger partial charge in [0.25, 0.3) is 0 Å². The molecule has 0 bridgehead atoms. The second kappa shape index (κ2) is 12.9. The van der Waals surface area contributed by atoms with Crippen LogP contribution in [-0.2, 0) is 18.4 Å². The van der Waals surface area contributed by atoms with Crippen LogP contribution in [-0.4, -0.2) is 59.4 Å². The maximum absolute atomic E-state index is 14.2. The number of methoxy groups -OCH3 is 2. The van der Waals surface area contributed by atoms with Crippen LogP contribution < -0.4 is 18.3 Å². The number of benzene rings is 2. The minimum atomic E-state index is -2.35. The quantitative estimate of drug-likeness (QED) is 0.221. The van der Waals surface area contributed by atoms with E-state index in [9.17, 15) is 9.59 Å². The van der Waals surface area contributed by atoms with Crippen molar-refractivity contribution < 1.29 is 36.8 Å². The molecule has 44 heavy (non-hydrogen) atoms. The second-order valence-electron chi connectivity index (χ2n) is 15.1. The highest BCUT2D eigenvalue weighted by molar-refractivity contribution is 6.72. The summed E-state index contributed by atoms with van der Waals surface area (Å²) in [6.45, 7) is 24.3. The zero-order chi connectivity index (χ0) is 33.4. The van der Waals surface area contributed by atoms with Crippen molar-refractivity contribution in [2.75, 3.05) is 14.2 Å². The first-order valence-corrected chi connectivity index (χ1v) is 28.6. The molecule has 1 aliphatic carbocycles. The van der Waals surface area contributed by atoms with Crippen LogP contribution in [0.1, 0.15) is 22.6 Å². The predicted molar refractivity (Wildman–Crippen MR) is 186 cm³/mol. The van der Waals surface area contributed by atoms with E-state index in [-0.39, 0.29) is 5.57 Å². The van der Waals surface area contributed by atoms with Crippen molar-refractivity contribution in [3.8, 4) is 23.0 Å². The van der Waals surface area contributed by atoms with Crippen molar-refractivity contribution >= 4 is 51.3 Å². The van der Waals surface area contributed by atoms with Crippen molar-refractivity contribution in [2.24, 2.45) is 5.92 Å². The molecule has 0 heterocycles. The van der Waals surface area contributed by atoms with Crippen LogP contribution in [0.25, 0.3) is 6.08 Å². The maximum Gasteiger partial charge on any atom is 0.321 e. The van der Waals surface area contributed by atoms with Crippen LogP contribution in [0, 0.1) is 5.92 Å². The lowest BCUT2D eigenvalue weighted by atomic mass is 9.71. The van der Waals surface area contributed by atoms with Gasteiger partial charge in [0, 0.05) is 5.92 Å². The van der Waals surface area contributed by atoms with E-state index in [0.717, 1.165) is 16.7 Å². The van der Waals surface area contributed by atoms with Gasteiger partial charge in [0.1, 0.15) is 11.5 Å². The summed E-state index contributed by atoms with van der Waals surface area (Å²) in [6, 6.07) is 9.54. The van der Waals surface area contributed by atoms with E-state index in [0.29, 0.717) is 23.0 Å². The van der Waals surface area contributed by atoms with E-state index in [2.05, 4.69) is 39.3 Å². The summed E-state index contributed by atoms with van der Waals surface area (Å²) in [5, 5.41) is 0. The second-order valence-corrected chi connectivity index (χ2v) is 32.8. The molecule has 0 saturated carbocycles. The van der Waals surface area contributed by atoms with Gasteiger partial charge in [-0.3, -0.25) is 4.79 Å². The Kier molecular flexibility index (Phi) is 10.4. The molecule has 0 unspecified atom stereocenters. The van der Waals surface area contributed by atoms with Gasteiger partial charge < -0.3 is 27.2 Å². The molecule has 0 fully saturated rings. The van der Waals surface area contributed by atoms with Crippen LogP contribution in [0.5, 0.6) is 23.0 Å². The Labute approximate surface area is 267 Å². The molecule has 0 amide bonds. The van der Waals surface area contributed by atoms with Crippen molar-refractivity contribution in [1.29, 1.82) is 0 Å². The molecule has 0 spiro atoms. The van der Waals surface area contributed by atoms with Crippen molar-refractivity contribution in [2.45, 2.75) is 84.5 Å². The fourth-order valence-corrected chi connectivity index (χ4v) is 8.04. The van der Waals surface area contributed by atoms with E-state index >= 15 is 0 Å². The molecular formula is C32H50O8Si4. The zero-order valence-electron chi connectivity index (χ0n) is 28.9. The van der Waals surface area contributed by atoms with Gasteiger partial charge in [-0.05, 0) is 126 Å². The summed E-state index contributed by atoms with van der Waals surface area (Å²) in [5.41, 5.74) is 2.60. The summed E-state index contributed by atoms with van der Waals surface area (Å²) < 4.78 is 36.4. The molecule has 0 N–H and O–H groups in total. The number of hydrogen-bond donors (Lipinski definition) is 0. The average molecular weight is 675 g/mol. The molecule has 8 nitrogen and oxygen atoms in total. The first kappa shape index (κ1) is 35.7. The Morgan fingerprint density at radius 3 is 1.64 bits per heavy atom. The van der Waals surface area contributed by atoms with E-state index in [1.807, 2.05) is 69.6 Å². The minimum Gasteiger partial charge on any atom is -0.542 e. The number of ether oxygens (including phenoxy) is 2. The fourth-order valence-electron chi connectivity index (χ4n) is 4.99. The fraction of sp³-hybridized carbons (Fsp3) is 0.500. The Balaban J connectivity index is 2.40. The lowest BCUT2D eigenvalue weighted by Gasteiger charge is -2.36. The van der Waals surface area contributed by atoms with Gasteiger partial charge in [0.2, 0.25) is 33.3 Å². The molecule has 12 heteroatoms. The van der Waals surface area contributed by atoms with Crippen molar-refractivity contribution in [1.82, 2.24) is 0 Å². The number of fused-ring (bicyclic) bond motifs is 1. The van der Waals surface area contributed by atoms with Gasteiger partial charge in [0.05, 0.1) is 25.7 Å². The van der Waals surface area contributed by atoms with Gasteiger partial charge >= 0.3 is 11.9 Å². The molecule has 242 valence electrons. The molecule has 0 aromatic heterocycles. The van der Waals surface area contributed by atoms with Gasteiger partial charge in [-0.2, -0.15) is 0 Å². The Bertz CT molecular complexity index is 1430. The maximum atomic E-state index is 14.2. The van der Waals surface area contributed by atoms with E-state index in [4.69, 9.17) is 27.2 Å². The summed E-state index contributed by atoms with van der Waals surface area (Å²) in [5.74, 6) is -0.186. The number of carbonyl (C=O) groups excluding carboxylic acids is 2. The van der Waals surface area contributed by atoms with Gasteiger partial charge in [-0.25, -0.2) is 4.79 Å². The van der Waals surface area contributed by atoms with Gasteiger partial charge in [-0.15, -0.1) is 0 Å². The average Bonchev–Trinajstić information content (AvgIpc) is 2.83. The number of hydrogen-bond acceptors (Lipinski definition) is 8. The van der Waals surface area contributed by atoms with Crippen LogP contribution in [0.2, 0.25) is 78.6 Å². The SMILES string of the molecule is COc1cc([C@H]2c3cc(O[Si](C)(C)C)c(OC)cc3C=C(C(=O)O[Si](C)(C)C)[C@@H]2C(=O)O[Si](C)(C)C)ccc1O[Si](C)(C)C. The number of rotatable bonds is 11. The first-order chi connectivity index (χ1) is 20.0. The predicted octanol–water partition coefficient (Wildman–Crippen LogP) is 8.03. The van der Waals surface area contributed by atoms with Crippen LogP contribution in [0.15, 0.2) is 35.9 Å². The topological polar surface area (TPSA) is 89.5 Å². The van der Waals surface area contributed by atoms with E-state index in [1.165, 1.54) is 0 Å². The Morgan fingerprint density at radius 2 is 1.14 bits per heavy atom. The molecular weight excluding hydrogens is 625 g/mol. The molecule has 2 aromatic rings. The Hall–Kier alpha value is -2.81. The Morgan fingerprint density at radius 1 is 0.614 bits per heavy atom. The molecule has 1 aliphatic rings. The van der Waals surface area contributed by atoms with Crippen molar-refractivity contribution in [3.63, 3.8) is 0 Å². The molecule has 0 radical (unpaired) electrons. The largest absolute Gasteiger partial charge is 0.542 e. The van der Waals surface area contributed by atoms with E-state index in [1.54, 1.807) is 20.3 Å². The lowest BCUT2D eigenvalue weighted by molar-refractivity contribution is -0.142. The van der Waals surface area contributed by atoms with Crippen LogP contribution in [0.4, 0.5) is 0 Å². The summed E-state index contributed by atoms with van der Waals surface area (Å²) in [7, 11) is -5.46. The van der Waals surface area contributed by atoms with Gasteiger partial charge in [-0.1, -0.05) is 6.07 Å². The monoisotopic (exact) mass is 674 g/mol. The standard InChI is InChI=1S/C32H50O8Si4/c1-35-26-18-21(15-16-25(26)37-41(3,4)5)29-23-20-28(38-42(6,7)8)27(36-2)19-22(23)17-24(31(33)39-43(9,10)11)30(29)32(34)40-44(12,13)14/h15-20,29-30H,1-14H3/t29-,30-/m0/s1. The lowest BCUT2D eigenvalue weighted by Crippen LogP contribution is -2.40. The molecule has 3 rings (SSSR count). The van der Waals surface area contributed by atoms with E-state index < -0.39 is 57.0 Å². The zero-order valence-corrected chi connectivity index (χ0v) is 32.9. The van der Waals surface area contributed by atoms with Gasteiger partial charge in [0.15, 0.2) is 11.5 Å². The highest BCUT2D eigenvalue weighted by atomic mass is 28.4. The third-order valence-electron chi connectivity index (χ3n) is 6.36. The van der Waals surface area contributed by atoms with Crippen LogP contribution >= 0.6 is 0 Å². The summed E-state index contributed by atoms with van der Waals surface area (Å²) in [4.78, 5) is 28.1. The smallest absolute Gasteiger partial charge is 0.321 e. The molecule has 0 aliphatic heterocycles. The molecule has 2 atom stereocenters. The normalized spacial score (nSPS) is 17.2. The third-order valence-corrected chi connectivity index (χ3v) is 9.63. The molecule has 2 aromatic carbocycles. The summed E-state index contributed by atoms with van der Waals surface area (Å²) >= 11 is 0. The number of carbonyl (C=O) groups is 2. The van der Waals surface area contributed by atoms with Crippen molar-refractivity contribution in [3.05, 3.63) is 52.6 Å². The first-order valence-electron chi connectivity index (χ1n) is 15.0. The highest BCUT2D eigenvalue weighted by Crippen LogP contribution is 2.49. The third kappa shape index (κ3) is 9.35. The highest BCUT2D eigenvalue weighted by Gasteiger charge is 2.45. The summed E-state index contributed by atoms with van der Waals surface area (Å²) in [6.07, 6.45) is 1.76. The van der Waals surface area contributed by atoms with Crippen LogP contribution in [0.3, 0.4) is 0 Å². The minimum absolute atomic E-state index is 0.260. The molecule has 0 saturated heterocycles.